The molecular formula is C17H24ClF2N3O2. The highest BCUT2D eigenvalue weighted by Gasteiger charge is 2.28. The van der Waals surface area contributed by atoms with E-state index in [2.05, 4.69) is 16.0 Å². The smallest absolute Gasteiger partial charge is 0.257 e. The largest absolute Gasteiger partial charge is 0.350 e. The van der Waals surface area contributed by atoms with Crippen LogP contribution in [0.4, 0.5) is 8.78 Å². The zero-order valence-corrected chi connectivity index (χ0v) is 15.1. The Morgan fingerprint density at radius 2 is 1.88 bits per heavy atom. The van der Waals surface area contributed by atoms with Gasteiger partial charge in [-0.25, -0.2) is 8.78 Å². The van der Waals surface area contributed by atoms with Gasteiger partial charge < -0.3 is 16.0 Å². The van der Waals surface area contributed by atoms with Gasteiger partial charge in [0.1, 0.15) is 23.2 Å². The van der Waals surface area contributed by atoms with Crippen LogP contribution in [0.3, 0.4) is 0 Å². The molecule has 25 heavy (non-hydrogen) atoms. The fraction of sp³-hybridized carbons (Fsp3) is 0.529. The normalized spacial score (nSPS) is 18.2. The lowest BCUT2D eigenvalue weighted by molar-refractivity contribution is -0.124. The summed E-state index contributed by atoms with van der Waals surface area (Å²) in [5.74, 6) is -3.40. The zero-order chi connectivity index (χ0) is 17.7. The van der Waals surface area contributed by atoms with Crippen molar-refractivity contribution in [3.63, 3.8) is 0 Å². The molecule has 3 N–H and O–H groups in total. The predicted octanol–water partition coefficient (Wildman–Crippen LogP) is 2.01. The van der Waals surface area contributed by atoms with Gasteiger partial charge in [0.05, 0.1) is 0 Å². The van der Waals surface area contributed by atoms with Crippen molar-refractivity contribution < 1.29 is 18.4 Å². The van der Waals surface area contributed by atoms with Crippen LogP contribution in [0, 0.1) is 17.6 Å². The molecule has 140 valence electrons. The van der Waals surface area contributed by atoms with E-state index >= 15 is 0 Å². The molecule has 1 saturated heterocycles. The molecule has 0 radical (unpaired) electrons. The average Bonchev–Trinajstić information content (AvgIpc) is 2.53. The standard InChI is InChI=1S/C17H23F2N3O2.ClH/c1-10(2)15(17(24)21-11-5-4-8-20-9-11)22-16(23)14-12(18)6-3-7-13(14)19;/h3,6-7,10-11,15,20H,4-5,8-9H2,1-2H3,(H,21,24)(H,22,23);1H/t11-,15-;/m0./s1. The Balaban J connectivity index is 0.00000312. The first-order valence-electron chi connectivity index (χ1n) is 8.16. The lowest BCUT2D eigenvalue weighted by Gasteiger charge is -2.28. The van der Waals surface area contributed by atoms with E-state index in [-0.39, 0.29) is 30.3 Å². The number of halogens is 3. The third-order valence-electron chi connectivity index (χ3n) is 4.07. The number of carbonyl (C=O) groups excluding carboxylic acids is 2. The van der Waals surface area contributed by atoms with Gasteiger partial charge in [-0.3, -0.25) is 9.59 Å². The van der Waals surface area contributed by atoms with Gasteiger partial charge in [0.15, 0.2) is 0 Å². The first-order chi connectivity index (χ1) is 11.4. The molecule has 1 heterocycles. The van der Waals surface area contributed by atoms with Crippen molar-refractivity contribution in [1.29, 1.82) is 0 Å². The van der Waals surface area contributed by atoms with Crippen molar-refractivity contribution in [3.05, 3.63) is 35.4 Å². The molecule has 1 aliphatic rings. The number of carbonyl (C=O) groups is 2. The van der Waals surface area contributed by atoms with E-state index in [9.17, 15) is 18.4 Å². The van der Waals surface area contributed by atoms with Crippen LogP contribution >= 0.6 is 12.4 Å². The van der Waals surface area contributed by atoms with Crippen LogP contribution in [0.15, 0.2) is 18.2 Å². The van der Waals surface area contributed by atoms with Gasteiger partial charge in [-0.05, 0) is 37.4 Å². The van der Waals surface area contributed by atoms with Crippen molar-refractivity contribution >= 4 is 24.2 Å². The summed E-state index contributed by atoms with van der Waals surface area (Å²) in [5.41, 5.74) is -0.671. The van der Waals surface area contributed by atoms with Gasteiger partial charge in [0.2, 0.25) is 5.91 Å². The highest BCUT2D eigenvalue weighted by atomic mass is 35.5. The van der Waals surface area contributed by atoms with Gasteiger partial charge >= 0.3 is 0 Å². The van der Waals surface area contributed by atoms with Crippen molar-refractivity contribution in [1.82, 2.24) is 16.0 Å². The minimum absolute atomic E-state index is 0. The van der Waals surface area contributed by atoms with E-state index in [1.165, 1.54) is 6.07 Å². The first-order valence-corrected chi connectivity index (χ1v) is 8.16. The van der Waals surface area contributed by atoms with Crippen LogP contribution in [0.25, 0.3) is 0 Å². The van der Waals surface area contributed by atoms with Crippen LogP contribution in [0.2, 0.25) is 0 Å². The Morgan fingerprint density at radius 1 is 1.24 bits per heavy atom. The maximum atomic E-state index is 13.7. The maximum absolute atomic E-state index is 13.7. The molecule has 1 fully saturated rings. The molecule has 0 aliphatic carbocycles. The van der Waals surface area contributed by atoms with Gasteiger partial charge in [-0.2, -0.15) is 0 Å². The molecule has 0 unspecified atom stereocenters. The minimum atomic E-state index is -0.952. The number of hydrogen-bond donors (Lipinski definition) is 3. The Bertz CT molecular complexity index is 587. The zero-order valence-electron chi connectivity index (χ0n) is 14.3. The molecule has 1 aromatic carbocycles. The van der Waals surface area contributed by atoms with Gasteiger partial charge in [0.25, 0.3) is 5.91 Å². The van der Waals surface area contributed by atoms with Gasteiger partial charge in [-0.15, -0.1) is 12.4 Å². The van der Waals surface area contributed by atoms with Crippen LogP contribution in [-0.4, -0.2) is 37.0 Å². The molecule has 0 aromatic heterocycles. The van der Waals surface area contributed by atoms with E-state index in [4.69, 9.17) is 0 Å². The summed E-state index contributed by atoms with van der Waals surface area (Å²) in [6, 6.07) is 2.34. The Morgan fingerprint density at radius 3 is 2.40 bits per heavy atom. The minimum Gasteiger partial charge on any atom is -0.350 e. The Kier molecular flexibility index (Phi) is 8.25. The quantitative estimate of drug-likeness (QED) is 0.737. The molecule has 5 nitrogen and oxygen atoms in total. The van der Waals surface area contributed by atoms with Crippen LogP contribution in [0.1, 0.15) is 37.0 Å². The summed E-state index contributed by atoms with van der Waals surface area (Å²) >= 11 is 0. The number of benzene rings is 1. The molecule has 2 atom stereocenters. The Labute approximate surface area is 152 Å². The van der Waals surface area contributed by atoms with Crippen molar-refractivity contribution in [2.45, 2.75) is 38.8 Å². The second kappa shape index (κ2) is 9.68. The molecule has 0 saturated carbocycles. The fourth-order valence-corrected chi connectivity index (χ4v) is 2.73. The van der Waals surface area contributed by atoms with E-state index in [1.54, 1.807) is 13.8 Å². The summed E-state index contributed by atoms with van der Waals surface area (Å²) < 4.78 is 27.4. The van der Waals surface area contributed by atoms with Crippen molar-refractivity contribution in [2.24, 2.45) is 5.92 Å². The summed E-state index contributed by atoms with van der Waals surface area (Å²) in [6.45, 7) is 5.12. The summed E-state index contributed by atoms with van der Waals surface area (Å²) in [5, 5.41) is 8.52. The lowest BCUT2D eigenvalue weighted by Crippen LogP contribution is -2.55. The number of piperidine rings is 1. The van der Waals surface area contributed by atoms with E-state index < -0.39 is 29.1 Å². The topological polar surface area (TPSA) is 70.2 Å². The van der Waals surface area contributed by atoms with Crippen LogP contribution < -0.4 is 16.0 Å². The Hall–Kier alpha value is -1.73. The van der Waals surface area contributed by atoms with E-state index in [0.717, 1.165) is 31.5 Å². The van der Waals surface area contributed by atoms with Crippen LogP contribution in [0.5, 0.6) is 0 Å². The summed E-state index contributed by atoms with van der Waals surface area (Å²) in [7, 11) is 0. The number of rotatable bonds is 5. The maximum Gasteiger partial charge on any atom is 0.257 e. The highest BCUT2D eigenvalue weighted by molar-refractivity contribution is 5.98. The second-order valence-electron chi connectivity index (χ2n) is 6.34. The molecule has 0 bridgehead atoms. The number of hydrogen-bond acceptors (Lipinski definition) is 3. The summed E-state index contributed by atoms with van der Waals surface area (Å²) in [6.07, 6.45) is 1.82. The molecular weight excluding hydrogens is 352 g/mol. The van der Waals surface area contributed by atoms with Crippen molar-refractivity contribution in [2.75, 3.05) is 13.1 Å². The number of nitrogens with one attached hydrogen (secondary N) is 3. The number of amides is 2. The monoisotopic (exact) mass is 375 g/mol. The first kappa shape index (κ1) is 21.3. The SMILES string of the molecule is CC(C)[C@H](NC(=O)c1c(F)cccc1F)C(=O)N[C@H]1CCCNC1.Cl. The van der Waals surface area contributed by atoms with Gasteiger partial charge in [-0.1, -0.05) is 19.9 Å². The lowest BCUT2D eigenvalue weighted by atomic mass is 10.0. The molecule has 1 aliphatic heterocycles. The van der Waals surface area contributed by atoms with Gasteiger partial charge in [0, 0.05) is 12.6 Å². The third kappa shape index (κ3) is 5.64. The van der Waals surface area contributed by atoms with E-state index in [1.807, 2.05) is 0 Å². The predicted molar refractivity (Wildman–Crippen MR) is 93.7 cm³/mol. The molecule has 2 rings (SSSR count). The van der Waals surface area contributed by atoms with Crippen LogP contribution in [-0.2, 0) is 4.79 Å². The fourth-order valence-electron chi connectivity index (χ4n) is 2.73. The van der Waals surface area contributed by atoms with E-state index in [0.29, 0.717) is 6.54 Å². The summed E-state index contributed by atoms with van der Waals surface area (Å²) in [4.78, 5) is 24.7. The average molecular weight is 376 g/mol. The third-order valence-corrected chi connectivity index (χ3v) is 4.07. The van der Waals surface area contributed by atoms with Crippen molar-refractivity contribution in [3.8, 4) is 0 Å². The highest BCUT2D eigenvalue weighted by Crippen LogP contribution is 2.13. The molecule has 0 spiro atoms. The molecule has 1 aromatic rings. The second-order valence-corrected chi connectivity index (χ2v) is 6.34. The molecule has 2 amide bonds. The molecule has 8 heteroatoms.